The van der Waals surface area contributed by atoms with Crippen LogP contribution >= 0.6 is 15.9 Å². The lowest BCUT2D eigenvalue weighted by atomic mass is 10.1. The Morgan fingerprint density at radius 3 is 2.64 bits per heavy atom. The maximum atomic E-state index is 8.63. The SMILES string of the molecule is C/C(=N\O)[C@@H]1C[C@@H]1c1ccc(Br)cc1. The Balaban J connectivity index is 2.10. The molecule has 3 heteroatoms. The van der Waals surface area contributed by atoms with Crippen LogP contribution in [0.25, 0.3) is 0 Å². The van der Waals surface area contributed by atoms with Gasteiger partial charge in [-0.2, -0.15) is 0 Å². The van der Waals surface area contributed by atoms with E-state index in [0.717, 1.165) is 16.6 Å². The fourth-order valence-electron chi connectivity index (χ4n) is 1.81. The first-order valence-electron chi connectivity index (χ1n) is 4.66. The topological polar surface area (TPSA) is 32.6 Å². The summed E-state index contributed by atoms with van der Waals surface area (Å²) in [6, 6.07) is 8.35. The Hall–Kier alpha value is -0.830. The molecule has 1 aliphatic rings. The van der Waals surface area contributed by atoms with Crippen LogP contribution in [-0.2, 0) is 0 Å². The molecule has 0 spiro atoms. The van der Waals surface area contributed by atoms with Crippen molar-refractivity contribution in [2.45, 2.75) is 19.3 Å². The van der Waals surface area contributed by atoms with Crippen LogP contribution in [0.15, 0.2) is 33.9 Å². The van der Waals surface area contributed by atoms with Crippen molar-refractivity contribution in [3.63, 3.8) is 0 Å². The minimum atomic E-state index is 0.446. The van der Waals surface area contributed by atoms with E-state index >= 15 is 0 Å². The second-order valence-corrected chi connectivity index (χ2v) is 4.66. The quantitative estimate of drug-likeness (QED) is 0.489. The van der Waals surface area contributed by atoms with Gasteiger partial charge in [-0.1, -0.05) is 33.2 Å². The smallest absolute Gasteiger partial charge is 0.0577 e. The van der Waals surface area contributed by atoms with Crippen molar-refractivity contribution in [2.75, 3.05) is 0 Å². The summed E-state index contributed by atoms with van der Waals surface area (Å²) in [6.45, 7) is 1.88. The van der Waals surface area contributed by atoms with Crippen LogP contribution in [0.3, 0.4) is 0 Å². The summed E-state index contributed by atoms with van der Waals surface area (Å²) in [4.78, 5) is 0. The van der Waals surface area contributed by atoms with Crippen molar-refractivity contribution < 1.29 is 5.21 Å². The molecule has 1 saturated carbocycles. The van der Waals surface area contributed by atoms with E-state index in [1.54, 1.807) is 0 Å². The average molecular weight is 254 g/mol. The fraction of sp³-hybridized carbons (Fsp3) is 0.364. The van der Waals surface area contributed by atoms with Gasteiger partial charge in [0.05, 0.1) is 5.71 Å². The van der Waals surface area contributed by atoms with Crippen molar-refractivity contribution in [3.05, 3.63) is 34.3 Å². The van der Waals surface area contributed by atoms with Gasteiger partial charge in [-0.15, -0.1) is 0 Å². The molecule has 2 rings (SSSR count). The van der Waals surface area contributed by atoms with Gasteiger partial charge in [0, 0.05) is 10.4 Å². The number of nitrogens with zero attached hydrogens (tertiary/aromatic N) is 1. The summed E-state index contributed by atoms with van der Waals surface area (Å²) in [6.07, 6.45) is 1.11. The first kappa shape index (κ1) is 9.71. The second-order valence-electron chi connectivity index (χ2n) is 3.74. The van der Waals surface area contributed by atoms with Gasteiger partial charge in [0.25, 0.3) is 0 Å². The first-order valence-corrected chi connectivity index (χ1v) is 5.45. The molecule has 1 aromatic rings. The van der Waals surface area contributed by atoms with Crippen LogP contribution in [0.5, 0.6) is 0 Å². The van der Waals surface area contributed by atoms with E-state index in [9.17, 15) is 0 Å². The average Bonchev–Trinajstić information content (AvgIpc) is 2.98. The first-order chi connectivity index (χ1) is 6.72. The zero-order chi connectivity index (χ0) is 10.1. The molecule has 0 bridgehead atoms. The molecular formula is C11H12BrNO. The van der Waals surface area contributed by atoms with Crippen LogP contribution in [0.4, 0.5) is 0 Å². The highest BCUT2D eigenvalue weighted by Crippen LogP contribution is 2.48. The van der Waals surface area contributed by atoms with Gasteiger partial charge in [-0.25, -0.2) is 0 Å². The van der Waals surface area contributed by atoms with Gasteiger partial charge in [0.1, 0.15) is 0 Å². The van der Waals surface area contributed by atoms with Gasteiger partial charge in [0.15, 0.2) is 0 Å². The largest absolute Gasteiger partial charge is 0.411 e. The molecule has 0 aromatic heterocycles. The Bertz CT molecular complexity index is 358. The van der Waals surface area contributed by atoms with Gasteiger partial charge >= 0.3 is 0 Å². The molecule has 0 amide bonds. The Kier molecular flexibility index (Phi) is 2.59. The monoisotopic (exact) mass is 253 g/mol. The molecule has 0 radical (unpaired) electrons. The van der Waals surface area contributed by atoms with E-state index in [1.807, 2.05) is 6.92 Å². The minimum Gasteiger partial charge on any atom is -0.411 e. The van der Waals surface area contributed by atoms with Crippen molar-refractivity contribution in [1.82, 2.24) is 0 Å². The van der Waals surface area contributed by atoms with E-state index in [1.165, 1.54) is 5.56 Å². The Morgan fingerprint density at radius 2 is 2.07 bits per heavy atom. The molecule has 1 aromatic carbocycles. The lowest BCUT2D eigenvalue weighted by molar-refractivity contribution is 0.316. The molecule has 2 atom stereocenters. The molecule has 0 saturated heterocycles. The molecule has 1 fully saturated rings. The third-order valence-corrected chi connectivity index (χ3v) is 3.31. The zero-order valence-electron chi connectivity index (χ0n) is 7.94. The highest BCUT2D eigenvalue weighted by molar-refractivity contribution is 9.10. The molecular weight excluding hydrogens is 242 g/mol. The van der Waals surface area contributed by atoms with Crippen molar-refractivity contribution >= 4 is 21.6 Å². The van der Waals surface area contributed by atoms with E-state index in [2.05, 4.69) is 45.4 Å². The molecule has 0 aliphatic heterocycles. The second kappa shape index (κ2) is 3.73. The number of benzene rings is 1. The maximum Gasteiger partial charge on any atom is 0.0577 e. The van der Waals surface area contributed by atoms with E-state index in [-0.39, 0.29) is 0 Å². The van der Waals surface area contributed by atoms with E-state index in [4.69, 9.17) is 5.21 Å². The van der Waals surface area contributed by atoms with Crippen molar-refractivity contribution in [1.29, 1.82) is 0 Å². The molecule has 74 valence electrons. The van der Waals surface area contributed by atoms with Crippen LogP contribution in [0, 0.1) is 5.92 Å². The zero-order valence-corrected chi connectivity index (χ0v) is 9.53. The minimum absolute atomic E-state index is 0.446. The summed E-state index contributed by atoms with van der Waals surface area (Å²) in [5, 5.41) is 11.9. The number of halogens is 1. The van der Waals surface area contributed by atoms with Gasteiger partial charge in [0.2, 0.25) is 0 Å². The molecule has 14 heavy (non-hydrogen) atoms. The number of hydrogen-bond donors (Lipinski definition) is 1. The van der Waals surface area contributed by atoms with Crippen molar-refractivity contribution in [3.8, 4) is 0 Å². The lowest BCUT2D eigenvalue weighted by Gasteiger charge is -1.99. The fourth-order valence-corrected chi connectivity index (χ4v) is 2.07. The summed E-state index contributed by atoms with van der Waals surface area (Å²) in [5.74, 6) is 1.00. The molecule has 1 N–H and O–H groups in total. The van der Waals surface area contributed by atoms with Gasteiger partial charge < -0.3 is 5.21 Å². The van der Waals surface area contributed by atoms with Crippen LogP contribution < -0.4 is 0 Å². The predicted molar refractivity (Wildman–Crippen MR) is 59.9 cm³/mol. The highest BCUT2D eigenvalue weighted by Gasteiger charge is 2.40. The van der Waals surface area contributed by atoms with E-state index in [0.29, 0.717) is 11.8 Å². The predicted octanol–water partition coefficient (Wildman–Crippen LogP) is 3.40. The lowest BCUT2D eigenvalue weighted by Crippen LogP contribution is -1.95. The summed E-state index contributed by atoms with van der Waals surface area (Å²) in [7, 11) is 0. The Morgan fingerprint density at radius 1 is 1.43 bits per heavy atom. The van der Waals surface area contributed by atoms with Crippen molar-refractivity contribution in [2.24, 2.45) is 11.1 Å². The number of hydrogen-bond acceptors (Lipinski definition) is 2. The standard InChI is InChI=1S/C11H12BrNO/c1-7(13-14)10-6-11(10)8-2-4-9(12)5-3-8/h2-5,10-11,14H,6H2,1H3/b13-7+/t10-,11+/m0/s1. The van der Waals surface area contributed by atoms with Gasteiger partial charge in [-0.3, -0.25) is 0 Å². The van der Waals surface area contributed by atoms with Crippen LogP contribution in [0.1, 0.15) is 24.8 Å². The normalized spacial score (nSPS) is 26.3. The maximum absolute atomic E-state index is 8.63. The molecule has 0 heterocycles. The Labute approximate surface area is 91.8 Å². The summed E-state index contributed by atoms with van der Waals surface area (Å²) in [5.41, 5.74) is 2.18. The third-order valence-electron chi connectivity index (χ3n) is 2.78. The molecule has 2 nitrogen and oxygen atoms in total. The number of rotatable bonds is 2. The summed E-state index contributed by atoms with van der Waals surface area (Å²) >= 11 is 3.41. The van der Waals surface area contributed by atoms with Gasteiger partial charge in [-0.05, 0) is 37.0 Å². The molecule has 1 aliphatic carbocycles. The molecule has 0 unspecified atom stereocenters. The van der Waals surface area contributed by atoms with Crippen LogP contribution in [0.2, 0.25) is 0 Å². The summed E-state index contributed by atoms with van der Waals surface area (Å²) < 4.78 is 1.10. The van der Waals surface area contributed by atoms with E-state index < -0.39 is 0 Å². The highest BCUT2D eigenvalue weighted by atomic mass is 79.9. The third kappa shape index (κ3) is 1.82. The number of oxime groups is 1. The van der Waals surface area contributed by atoms with Crippen LogP contribution in [-0.4, -0.2) is 10.9 Å².